The fraction of sp³-hybridized carbons (Fsp3) is 0.278. The minimum absolute atomic E-state index is 0.228. The molecule has 2 heterocycles. The zero-order valence-corrected chi connectivity index (χ0v) is 12.4. The van der Waals surface area contributed by atoms with Gasteiger partial charge in [0.15, 0.2) is 0 Å². The zero-order valence-electron chi connectivity index (χ0n) is 12.4. The third kappa shape index (κ3) is 2.34. The van der Waals surface area contributed by atoms with E-state index in [0.717, 1.165) is 17.0 Å². The van der Waals surface area contributed by atoms with E-state index in [0.29, 0.717) is 0 Å². The Bertz CT molecular complexity index is 699. The van der Waals surface area contributed by atoms with E-state index in [-0.39, 0.29) is 5.60 Å². The van der Waals surface area contributed by atoms with Gasteiger partial charge in [0, 0.05) is 17.5 Å². The van der Waals surface area contributed by atoms with Crippen LogP contribution in [0.4, 0.5) is 0 Å². The molecule has 2 heteroatoms. The second-order valence-electron chi connectivity index (χ2n) is 5.93. The van der Waals surface area contributed by atoms with Crippen LogP contribution in [0.15, 0.2) is 36.5 Å². The molecule has 0 unspecified atom stereocenters. The molecule has 3 rings (SSSR count). The smallest absolute Gasteiger partial charge is 0.128 e. The van der Waals surface area contributed by atoms with Gasteiger partial charge in [-0.1, -0.05) is 6.08 Å². The van der Waals surface area contributed by atoms with Crippen LogP contribution in [0.1, 0.15) is 30.7 Å². The molecule has 0 saturated carbocycles. The van der Waals surface area contributed by atoms with Crippen LogP contribution < -0.4 is 4.74 Å². The Labute approximate surface area is 120 Å². The van der Waals surface area contributed by atoms with Gasteiger partial charge in [-0.15, -0.1) is 0 Å². The Kier molecular flexibility index (Phi) is 2.89. The molecule has 0 fully saturated rings. The van der Waals surface area contributed by atoms with Crippen molar-refractivity contribution in [3.63, 3.8) is 0 Å². The standard InChI is InChI=1S/C18H19NO/c1-12-9-17-15(5-7-18(3,4)20-17)11-16(12)14-6-8-19-13(2)10-14/h5-11H,1-4H3. The monoisotopic (exact) mass is 265 g/mol. The molecule has 1 aromatic carbocycles. The minimum Gasteiger partial charge on any atom is -0.483 e. The molecule has 2 aromatic rings. The van der Waals surface area contributed by atoms with E-state index in [2.05, 4.69) is 62.2 Å². The van der Waals surface area contributed by atoms with Crippen LogP contribution >= 0.6 is 0 Å². The van der Waals surface area contributed by atoms with Crippen LogP contribution in [0.5, 0.6) is 5.75 Å². The summed E-state index contributed by atoms with van der Waals surface area (Å²) in [5, 5.41) is 0. The second kappa shape index (κ2) is 4.48. The summed E-state index contributed by atoms with van der Waals surface area (Å²) in [6.45, 7) is 8.28. The molecule has 0 radical (unpaired) electrons. The SMILES string of the molecule is Cc1cc(-c2cc3c(cc2C)OC(C)(C)C=C3)ccn1. The molecule has 1 aliphatic rings. The van der Waals surface area contributed by atoms with Crippen LogP contribution in [0.3, 0.4) is 0 Å². The molecule has 0 spiro atoms. The molecule has 0 aliphatic carbocycles. The van der Waals surface area contributed by atoms with Gasteiger partial charge in [-0.2, -0.15) is 0 Å². The first kappa shape index (κ1) is 12.9. The summed E-state index contributed by atoms with van der Waals surface area (Å²) in [4.78, 5) is 4.26. The first-order valence-electron chi connectivity index (χ1n) is 6.90. The van der Waals surface area contributed by atoms with Crippen LogP contribution in [0, 0.1) is 13.8 Å². The van der Waals surface area contributed by atoms with Crippen LogP contribution in [-0.4, -0.2) is 10.6 Å². The largest absolute Gasteiger partial charge is 0.483 e. The van der Waals surface area contributed by atoms with E-state index >= 15 is 0 Å². The van der Waals surface area contributed by atoms with E-state index < -0.39 is 0 Å². The minimum atomic E-state index is -0.228. The van der Waals surface area contributed by atoms with Crippen LogP contribution in [0.25, 0.3) is 17.2 Å². The summed E-state index contributed by atoms with van der Waals surface area (Å²) in [5.41, 5.74) is 5.61. The Morgan fingerprint density at radius 2 is 1.90 bits per heavy atom. The van der Waals surface area contributed by atoms with Crippen LogP contribution in [-0.2, 0) is 0 Å². The predicted molar refractivity (Wildman–Crippen MR) is 82.9 cm³/mol. The van der Waals surface area contributed by atoms with Crippen molar-refractivity contribution in [2.24, 2.45) is 0 Å². The maximum absolute atomic E-state index is 6.02. The molecule has 1 aliphatic heterocycles. The summed E-state index contributed by atoms with van der Waals surface area (Å²) >= 11 is 0. The van der Waals surface area contributed by atoms with Crippen molar-refractivity contribution >= 4 is 6.08 Å². The number of rotatable bonds is 1. The number of aryl methyl sites for hydroxylation is 2. The first-order chi connectivity index (χ1) is 9.44. The molecule has 0 saturated heterocycles. The average molecular weight is 265 g/mol. The lowest BCUT2D eigenvalue weighted by atomic mass is 9.95. The highest BCUT2D eigenvalue weighted by Crippen LogP contribution is 2.36. The molecule has 102 valence electrons. The van der Waals surface area contributed by atoms with Gasteiger partial charge in [0.1, 0.15) is 11.4 Å². The van der Waals surface area contributed by atoms with Gasteiger partial charge < -0.3 is 4.74 Å². The molecule has 0 bridgehead atoms. The number of benzene rings is 1. The molecule has 0 N–H and O–H groups in total. The van der Waals surface area contributed by atoms with Crippen molar-refractivity contribution in [1.29, 1.82) is 0 Å². The Hall–Kier alpha value is -2.09. The highest BCUT2D eigenvalue weighted by atomic mass is 16.5. The fourth-order valence-electron chi connectivity index (χ4n) is 2.55. The Balaban J connectivity index is 2.12. The van der Waals surface area contributed by atoms with Gasteiger partial charge in [0.05, 0.1) is 0 Å². The van der Waals surface area contributed by atoms with Crippen molar-refractivity contribution in [1.82, 2.24) is 4.98 Å². The van der Waals surface area contributed by atoms with Crippen LogP contribution in [0.2, 0.25) is 0 Å². The number of hydrogen-bond donors (Lipinski definition) is 0. The van der Waals surface area contributed by atoms with Gasteiger partial charge in [-0.25, -0.2) is 0 Å². The maximum Gasteiger partial charge on any atom is 0.128 e. The van der Waals surface area contributed by atoms with Crippen molar-refractivity contribution in [2.45, 2.75) is 33.3 Å². The fourth-order valence-corrected chi connectivity index (χ4v) is 2.55. The molecular formula is C18H19NO. The molecule has 1 aromatic heterocycles. The lowest BCUT2D eigenvalue weighted by Gasteiger charge is -2.28. The summed E-state index contributed by atoms with van der Waals surface area (Å²) in [5.74, 6) is 0.963. The zero-order chi connectivity index (χ0) is 14.3. The lowest BCUT2D eigenvalue weighted by Crippen LogP contribution is -2.27. The number of nitrogens with zero attached hydrogens (tertiary/aromatic N) is 1. The normalized spacial score (nSPS) is 15.6. The molecule has 0 amide bonds. The summed E-state index contributed by atoms with van der Waals surface area (Å²) < 4.78 is 6.02. The predicted octanol–water partition coefficient (Wildman–Crippen LogP) is 4.55. The average Bonchev–Trinajstić information content (AvgIpc) is 2.37. The Morgan fingerprint density at radius 3 is 2.65 bits per heavy atom. The molecular weight excluding hydrogens is 246 g/mol. The maximum atomic E-state index is 6.02. The number of aromatic nitrogens is 1. The van der Waals surface area contributed by atoms with Crippen molar-refractivity contribution < 1.29 is 4.74 Å². The van der Waals surface area contributed by atoms with Gasteiger partial charge in [0.2, 0.25) is 0 Å². The van der Waals surface area contributed by atoms with Crippen molar-refractivity contribution in [3.05, 3.63) is 53.4 Å². The summed E-state index contributed by atoms with van der Waals surface area (Å²) in [7, 11) is 0. The summed E-state index contributed by atoms with van der Waals surface area (Å²) in [6.07, 6.45) is 6.11. The van der Waals surface area contributed by atoms with Gasteiger partial charge in [0.25, 0.3) is 0 Å². The second-order valence-corrected chi connectivity index (χ2v) is 5.93. The number of fused-ring (bicyclic) bond motifs is 1. The van der Waals surface area contributed by atoms with Crippen molar-refractivity contribution in [2.75, 3.05) is 0 Å². The van der Waals surface area contributed by atoms with Gasteiger partial charge in [-0.05, 0) is 74.7 Å². The molecule has 0 atom stereocenters. The highest BCUT2D eigenvalue weighted by molar-refractivity contribution is 5.74. The number of hydrogen-bond acceptors (Lipinski definition) is 2. The highest BCUT2D eigenvalue weighted by Gasteiger charge is 2.22. The van der Waals surface area contributed by atoms with E-state index in [1.54, 1.807) is 0 Å². The number of pyridine rings is 1. The number of ether oxygens (including phenoxy) is 1. The van der Waals surface area contributed by atoms with E-state index in [1.165, 1.54) is 16.7 Å². The van der Waals surface area contributed by atoms with E-state index in [9.17, 15) is 0 Å². The van der Waals surface area contributed by atoms with Gasteiger partial charge >= 0.3 is 0 Å². The van der Waals surface area contributed by atoms with E-state index in [4.69, 9.17) is 4.74 Å². The summed E-state index contributed by atoms with van der Waals surface area (Å²) in [6, 6.07) is 8.50. The Morgan fingerprint density at radius 1 is 1.10 bits per heavy atom. The van der Waals surface area contributed by atoms with Crippen molar-refractivity contribution in [3.8, 4) is 16.9 Å². The lowest BCUT2D eigenvalue weighted by molar-refractivity contribution is 0.159. The molecule has 2 nitrogen and oxygen atoms in total. The third-order valence-electron chi connectivity index (χ3n) is 3.60. The van der Waals surface area contributed by atoms with Gasteiger partial charge in [-0.3, -0.25) is 4.98 Å². The topological polar surface area (TPSA) is 22.1 Å². The molecule has 20 heavy (non-hydrogen) atoms. The first-order valence-corrected chi connectivity index (χ1v) is 6.90. The third-order valence-corrected chi connectivity index (χ3v) is 3.60. The quantitative estimate of drug-likeness (QED) is 0.754. The van der Waals surface area contributed by atoms with E-state index in [1.807, 2.05) is 13.1 Å².